The van der Waals surface area contributed by atoms with Gasteiger partial charge in [-0.05, 0) is 45.0 Å². The van der Waals surface area contributed by atoms with E-state index in [-0.39, 0.29) is 5.69 Å². The van der Waals surface area contributed by atoms with Gasteiger partial charge in [-0.25, -0.2) is 14.6 Å². The van der Waals surface area contributed by atoms with Crippen molar-refractivity contribution in [2.24, 2.45) is 0 Å². The lowest BCUT2D eigenvalue weighted by molar-refractivity contribution is 0.0634. The summed E-state index contributed by atoms with van der Waals surface area (Å²) in [6, 6.07) is 11.7. The number of carbonyl (C=O) groups excluding carboxylic acids is 1. The van der Waals surface area contributed by atoms with Crippen molar-refractivity contribution in [3.8, 4) is 11.3 Å². The molecule has 0 bridgehead atoms. The molecule has 2 aromatic rings. The molecule has 0 aliphatic carbocycles. The van der Waals surface area contributed by atoms with Gasteiger partial charge in [0.1, 0.15) is 11.3 Å². The highest BCUT2D eigenvalue weighted by Gasteiger charge is 2.16. The average molecular weight is 314 g/mol. The fourth-order valence-corrected chi connectivity index (χ4v) is 1.89. The molecule has 2 N–H and O–H groups in total. The van der Waals surface area contributed by atoms with Crippen LogP contribution >= 0.6 is 0 Å². The maximum atomic E-state index is 11.8. The molecule has 2 rings (SSSR count). The number of aromatic nitrogens is 1. The van der Waals surface area contributed by atoms with Crippen LogP contribution in [0.4, 0.5) is 10.5 Å². The number of pyridine rings is 1. The predicted molar refractivity (Wildman–Crippen MR) is 86.5 cm³/mol. The van der Waals surface area contributed by atoms with Crippen molar-refractivity contribution in [3.63, 3.8) is 0 Å². The van der Waals surface area contributed by atoms with Crippen LogP contribution < -0.4 is 5.32 Å². The van der Waals surface area contributed by atoms with Crippen molar-refractivity contribution in [2.75, 3.05) is 5.32 Å². The van der Waals surface area contributed by atoms with Crippen molar-refractivity contribution in [2.45, 2.75) is 26.4 Å². The number of hydrogen-bond donors (Lipinski definition) is 2. The van der Waals surface area contributed by atoms with E-state index in [2.05, 4.69) is 10.3 Å². The number of aromatic carboxylic acids is 1. The first-order chi connectivity index (χ1) is 10.7. The molecule has 0 aliphatic rings. The van der Waals surface area contributed by atoms with Gasteiger partial charge in [0.2, 0.25) is 0 Å². The smallest absolute Gasteiger partial charge is 0.412 e. The SMILES string of the molecule is CC(C)(C)OC(=O)Nc1cccc(-c2cccc(C(=O)O)n2)c1. The fraction of sp³-hybridized carbons (Fsp3) is 0.235. The minimum absolute atomic E-state index is 0.0343. The van der Waals surface area contributed by atoms with E-state index < -0.39 is 17.7 Å². The molecular formula is C17H18N2O4. The zero-order valence-electron chi connectivity index (χ0n) is 13.2. The summed E-state index contributed by atoms with van der Waals surface area (Å²) in [5.74, 6) is -1.09. The normalized spacial score (nSPS) is 10.9. The highest BCUT2D eigenvalue weighted by atomic mass is 16.6. The van der Waals surface area contributed by atoms with E-state index in [1.165, 1.54) is 6.07 Å². The first-order valence-corrected chi connectivity index (χ1v) is 7.05. The second kappa shape index (κ2) is 6.48. The number of ether oxygens (including phenoxy) is 1. The van der Waals surface area contributed by atoms with Crippen LogP contribution in [-0.2, 0) is 4.74 Å². The van der Waals surface area contributed by atoms with E-state index >= 15 is 0 Å². The molecule has 0 atom stereocenters. The number of amides is 1. The van der Waals surface area contributed by atoms with Gasteiger partial charge < -0.3 is 9.84 Å². The van der Waals surface area contributed by atoms with Gasteiger partial charge in [0.05, 0.1) is 5.69 Å². The molecule has 6 heteroatoms. The first-order valence-electron chi connectivity index (χ1n) is 7.05. The Bertz CT molecular complexity index is 735. The van der Waals surface area contributed by atoms with Gasteiger partial charge in [0.25, 0.3) is 0 Å². The molecule has 0 saturated carbocycles. The van der Waals surface area contributed by atoms with Gasteiger partial charge >= 0.3 is 12.1 Å². The Kier molecular flexibility index (Phi) is 4.64. The maximum absolute atomic E-state index is 11.8. The van der Waals surface area contributed by atoms with Crippen LogP contribution in [0.2, 0.25) is 0 Å². The summed E-state index contributed by atoms with van der Waals surface area (Å²) in [6.07, 6.45) is -0.554. The lowest BCUT2D eigenvalue weighted by Crippen LogP contribution is -2.27. The van der Waals surface area contributed by atoms with E-state index in [1.807, 2.05) is 0 Å². The monoisotopic (exact) mass is 314 g/mol. The van der Waals surface area contributed by atoms with Crippen molar-refractivity contribution < 1.29 is 19.4 Å². The van der Waals surface area contributed by atoms with Crippen LogP contribution in [0.25, 0.3) is 11.3 Å². The highest BCUT2D eigenvalue weighted by Crippen LogP contribution is 2.22. The molecule has 1 amide bonds. The molecule has 0 saturated heterocycles. The maximum Gasteiger partial charge on any atom is 0.412 e. The summed E-state index contributed by atoms with van der Waals surface area (Å²) >= 11 is 0. The Labute approximate surface area is 134 Å². The average Bonchev–Trinajstić information content (AvgIpc) is 2.45. The number of carbonyl (C=O) groups is 2. The van der Waals surface area contributed by atoms with Crippen molar-refractivity contribution in [3.05, 3.63) is 48.2 Å². The summed E-state index contributed by atoms with van der Waals surface area (Å²) in [4.78, 5) is 26.9. The van der Waals surface area contributed by atoms with Crippen LogP contribution in [0.15, 0.2) is 42.5 Å². The Morgan fingerprint density at radius 3 is 2.48 bits per heavy atom. The van der Waals surface area contributed by atoms with E-state index in [4.69, 9.17) is 9.84 Å². The van der Waals surface area contributed by atoms with E-state index in [0.717, 1.165) is 0 Å². The lowest BCUT2D eigenvalue weighted by Gasteiger charge is -2.19. The van der Waals surface area contributed by atoms with Gasteiger partial charge in [-0.2, -0.15) is 0 Å². The molecule has 0 unspecified atom stereocenters. The van der Waals surface area contributed by atoms with E-state index in [9.17, 15) is 9.59 Å². The largest absolute Gasteiger partial charge is 0.477 e. The zero-order chi connectivity index (χ0) is 17.0. The standard InChI is InChI=1S/C17H18N2O4/c1-17(2,3)23-16(22)18-12-7-4-6-11(10-12)13-8-5-9-14(19-13)15(20)21/h4-10H,1-3H3,(H,18,22)(H,20,21). The molecule has 1 aromatic carbocycles. The number of benzene rings is 1. The highest BCUT2D eigenvalue weighted by molar-refractivity contribution is 5.87. The summed E-state index contributed by atoms with van der Waals surface area (Å²) in [6.45, 7) is 5.35. The molecule has 0 aliphatic heterocycles. The third kappa shape index (κ3) is 4.81. The van der Waals surface area contributed by atoms with Gasteiger partial charge in [-0.15, -0.1) is 0 Å². The fourth-order valence-electron chi connectivity index (χ4n) is 1.89. The molecule has 0 radical (unpaired) electrons. The summed E-state index contributed by atoms with van der Waals surface area (Å²) in [5, 5.41) is 11.6. The van der Waals surface area contributed by atoms with Gasteiger partial charge in [-0.1, -0.05) is 18.2 Å². The minimum Gasteiger partial charge on any atom is -0.477 e. The van der Waals surface area contributed by atoms with E-state index in [0.29, 0.717) is 16.9 Å². The molecule has 0 fully saturated rings. The lowest BCUT2D eigenvalue weighted by atomic mass is 10.1. The van der Waals surface area contributed by atoms with Gasteiger partial charge in [0.15, 0.2) is 0 Å². The van der Waals surface area contributed by atoms with Crippen LogP contribution in [0.1, 0.15) is 31.3 Å². The number of carboxylic acid groups (broad SMARTS) is 1. The molecule has 1 heterocycles. The quantitative estimate of drug-likeness (QED) is 0.899. The molecule has 1 aromatic heterocycles. The number of nitrogens with one attached hydrogen (secondary N) is 1. The molecule has 23 heavy (non-hydrogen) atoms. The molecular weight excluding hydrogens is 296 g/mol. The van der Waals surface area contributed by atoms with Crippen molar-refractivity contribution in [1.82, 2.24) is 4.98 Å². The Hall–Kier alpha value is -2.89. The Morgan fingerprint density at radius 2 is 1.83 bits per heavy atom. The third-order valence-electron chi connectivity index (χ3n) is 2.77. The number of anilines is 1. The van der Waals surface area contributed by atoms with Gasteiger partial charge in [-0.3, -0.25) is 5.32 Å². The third-order valence-corrected chi connectivity index (χ3v) is 2.77. The number of carboxylic acids is 1. The van der Waals surface area contributed by atoms with Crippen LogP contribution in [-0.4, -0.2) is 27.8 Å². The number of hydrogen-bond acceptors (Lipinski definition) is 4. The van der Waals surface area contributed by atoms with Crippen molar-refractivity contribution >= 4 is 17.7 Å². The summed E-state index contributed by atoms with van der Waals surface area (Å²) in [7, 11) is 0. The second-order valence-electron chi connectivity index (χ2n) is 5.92. The van der Waals surface area contributed by atoms with Crippen molar-refractivity contribution in [1.29, 1.82) is 0 Å². The minimum atomic E-state index is -1.09. The predicted octanol–water partition coefficient (Wildman–Crippen LogP) is 3.79. The molecule has 0 spiro atoms. The van der Waals surface area contributed by atoms with Gasteiger partial charge in [0, 0.05) is 11.3 Å². The summed E-state index contributed by atoms with van der Waals surface area (Å²) in [5.41, 5.74) is 1.13. The topological polar surface area (TPSA) is 88.5 Å². The number of rotatable bonds is 3. The second-order valence-corrected chi connectivity index (χ2v) is 5.92. The zero-order valence-corrected chi connectivity index (χ0v) is 13.2. The Morgan fingerprint density at radius 1 is 1.13 bits per heavy atom. The van der Waals surface area contributed by atoms with Crippen LogP contribution in [0, 0.1) is 0 Å². The van der Waals surface area contributed by atoms with Crippen LogP contribution in [0.5, 0.6) is 0 Å². The molecule has 6 nitrogen and oxygen atoms in total. The summed E-state index contributed by atoms with van der Waals surface area (Å²) < 4.78 is 5.19. The first kappa shape index (κ1) is 16.5. The number of nitrogens with zero attached hydrogens (tertiary/aromatic N) is 1. The van der Waals surface area contributed by atoms with Crippen LogP contribution in [0.3, 0.4) is 0 Å². The van der Waals surface area contributed by atoms with E-state index in [1.54, 1.807) is 57.2 Å². The molecule has 120 valence electrons. The Balaban J connectivity index is 2.22.